The van der Waals surface area contributed by atoms with E-state index < -0.39 is 6.10 Å². The number of aliphatic hydroxyl groups is 1. The number of carbonyl (C=O) groups excluding carboxylic acids is 1. The Morgan fingerprint density at radius 1 is 1.18 bits per heavy atom. The minimum atomic E-state index is -0.626. The van der Waals surface area contributed by atoms with E-state index in [0.29, 0.717) is 28.9 Å². The second kappa shape index (κ2) is 12.0. The summed E-state index contributed by atoms with van der Waals surface area (Å²) >= 11 is 0. The van der Waals surface area contributed by atoms with E-state index in [2.05, 4.69) is 32.0 Å². The Morgan fingerprint density at radius 2 is 1.95 bits per heavy atom. The summed E-state index contributed by atoms with van der Waals surface area (Å²) in [6.45, 7) is 6.90. The van der Waals surface area contributed by atoms with Gasteiger partial charge in [-0.3, -0.25) is 4.79 Å². The van der Waals surface area contributed by atoms with Crippen LogP contribution in [0.25, 0.3) is 16.7 Å². The second-order valence-electron chi connectivity index (χ2n) is 9.50. The zero-order valence-corrected chi connectivity index (χ0v) is 23.0. The Balaban J connectivity index is 1.72. The number of aliphatic hydroxyl groups excluding tert-OH is 1. The van der Waals surface area contributed by atoms with Gasteiger partial charge in [0, 0.05) is 49.5 Å². The molecule has 0 spiro atoms. The van der Waals surface area contributed by atoms with Gasteiger partial charge in [-0.05, 0) is 45.3 Å². The molecule has 0 aliphatic carbocycles. The molecular weight excluding hydrogens is 494 g/mol. The van der Waals surface area contributed by atoms with Gasteiger partial charge in [-0.2, -0.15) is 4.98 Å². The normalized spacial score (nSPS) is 11.9. The van der Waals surface area contributed by atoms with Crippen LogP contribution < -0.4 is 20.3 Å². The van der Waals surface area contributed by atoms with Crippen LogP contribution in [0.15, 0.2) is 67.5 Å². The summed E-state index contributed by atoms with van der Waals surface area (Å²) in [6.07, 6.45) is 4.16. The number of hydrogen-bond acceptors (Lipinski definition) is 8. The molecule has 1 unspecified atom stereocenters. The summed E-state index contributed by atoms with van der Waals surface area (Å²) in [5.41, 5.74) is 3.72. The van der Waals surface area contributed by atoms with Crippen molar-refractivity contribution >= 4 is 39.8 Å². The number of nitrogens with one attached hydrogen (secondary N) is 2. The van der Waals surface area contributed by atoms with Crippen LogP contribution in [0.3, 0.4) is 0 Å². The Labute approximate surface area is 228 Å². The van der Waals surface area contributed by atoms with Crippen molar-refractivity contribution < 1.29 is 14.6 Å². The number of para-hydroxylation sites is 1. The van der Waals surface area contributed by atoms with Crippen LogP contribution in [0.1, 0.15) is 18.6 Å². The fourth-order valence-corrected chi connectivity index (χ4v) is 4.30. The summed E-state index contributed by atoms with van der Waals surface area (Å²) in [5, 5.41) is 17.4. The maximum atomic E-state index is 12.3. The molecular formula is C29H35N7O3. The Hall–Kier alpha value is -4.41. The van der Waals surface area contributed by atoms with E-state index >= 15 is 0 Å². The lowest BCUT2D eigenvalue weighted by molar-refractivity contribution is -0.111. The molecule has 10 nitrogen and oxygen atoms in total. The highest BCUT2D eigenvalue weighted by Crippen LogP contribution is 2.38. The van der Waals surface area contributed by atoms with Gasteiger partial charge in [0.15, 0.2) is 0 Å². The first kappa shape index (κ1) is 27.6. The molecule has 2 heterocycles. The molecule has 0 saturated heterocycles. The van der Waals surface area contributed by atoms with Gasteiger partial charge in [-0.1, -0.05) is 24.8 Å². The lowest BCUT2D eigenvalue weighted by atomic mass is 10.1. The lowest BCUT2D eigenvalue weighted by Crippen LogP contribution is -2.29. The van der Waals surface area contributed by atoms with Gasteiger partial charge in [0.05, 0.1) is 35.8 Å². The fourth-order valence-electron chi connectivity index (χ4n) is 4.30. The number of fused-ring (bicyclic) bond motifs is 1. The molecule has 39 heavy (non-hydrogen) atoms. The summed E-state index contributed by atoms with van der Waals surface area (Å²) in [5.74, 6) is 1.22. The highest BCUT2D eigenvalue weighted by molar-refractivity contribution is 6.02. The maximum absolute atomic E-state index is 12.3. The van der Waals surface area contributed by atoms with Crippen molar-refractivity contribution in [1.29, 1.82) is 0 Å². The maximum Gasteiger partial charge on any atom is 0.247 e. The van der Waals surface area contributed by atoms with Crippen LogP contribution in [0.5, 0.6) is 5.75 Å². The zero-order valence-electron chi connectivity index (χ0n) is 23.0. The molecule has 1 amide bonds. The van der Waals surface area contributed by atoms with Gasteiger partial charge in [0.1, 0.15) is 11.6 Å². The first-order chi connectivity index (χ1) is 18.7. The van der Waals surface area contributed by atoms with Crippen LogP contribution in [-0.4, -0.2) is 71.8 Å². The first-order valence-electron chi connectivity index (χ1n) is 12.6. The summed E-state index contributed by atoms with van der Waals surface area (Å²) < 4.78 is 7.63. The van der Waals surface area contributed by atoms with Crippen molar-refractivity contribution in [2.45, 2.75) is 13.0 Å². The summed E-state index contributed by atoms with van der Waals surface area (Å²) in [4.78, 5) is 25.5. The summed E-state index contributed by atoms with van der Waals surface area (Å²) in [6, 6.07) is 13.3. The van der Waals surface area contributed by atoms with Crippen molar-refractivity contribution in [3.8, 4) is 11.6 Å². The minimum Gasteiger partial charge on any atom is -0.494 e. The summed E-state index contributed by atoms with van der Waals surface area (Å²) in [7, 11) is 7.58. The third kappa shape index (κ3) is 6.19. The number of aromatic nitrogens is 3. The smallest absolute Gasteiger partial charge is 0.247 e. The van der Waals surface area contributed by atoms with E-state index in [-0.39, 0.29) is 5.91 Å². The van der Waals surface area contributed by atoms with Gasteiger partial charge in [-0.25, -0.2) is 4.98 Å². The molecule has 10 heteroatoms. The van der Waals surface area contributed by atoms with E-state index in [4.69, 9.17) is 9.72 Å². The molecule has 1 atom stereocenters. The number of carbonyl (C=O) groups is 1. The molecule has 0 fully saturated rings. The predicted molar refractivity (Wildman–Crippen MR) is 156 cm³/mol. The number of likely N-dealkylation sites (N-methyl/N-ethyl adjacent to an activating group) is 2. The van der Waals surface area contributed by atoms with E-state index in [1.165, 1.54) is 6.08 Å². The average molecular weight is 530 g/mol. The average Bonchev–Trinajstić information content (AvgIpc) is 3.32. The van der Waals surface area contributed by atoms with Gasteiger partial charge >= 0.3 is 0 Å². The molecule has 0 saturated carbocycles. The van der Waals surface area contributed by atoms with Crippen molar-refractivity contribution in [2.24, 2.45) is 0 Å². The second-order valence-corrected chi connectivity index (χ2v) is 9.50. The molecule has 3 N–H and O–H groups in total. The topological polar surface area (TPSA) is 108 Å². The number of nitrogens with zero attached hydrogens (tertiary/aromatic N) is 5. The fraction of sp³-hybridized carbons (Fsp3) is 0.276. The largest absolute Gasteiger partial charge is 0.494 e. The highest BCUT2D eigenvalue weighted by atomic mass is 16.5. The molecule has 0 radical (unpaired) electrons. The third-order valence-corrected chi connectivity index (χ3v) is 6.38. The van der Waals surface area contributed by atoms with Crippen molar-refractivity contribution in [2.75, 3.05) is 56.9 Å². The minimum absolute atomic E-state index is 0.319. The van der Waals surface area contributed by atoms with E-state index in [0.717, 1.165) is 35.2 Å². The lowest BCUT2D eigenvalue weighted by Gasteiger charge is -2.26. The van der Waals surface area contributed by atoms with Crippen LogP contribution in [0, 0.1) is 0 Å². The Bertz CT molecular complexity index is 1480. The van der Waals surface area contributed by atoms with Crippen LogP contribution >= 0.6 is 0 Å². The number of amides is 1. The van der Waals surface area contributed by atoms with Crippen molar-refractivity contribution in [3.63, 3.8) is 0 Å². The van der Waals surface area contributed by atoms with Crippen LogP contribution in [-0.2, 0) is 4.79 Å². The number of ether oxygens (including phenoxy) is 1. The quantitative estimate of drug-likeness (QED) is 0.246. The Morgan fingerprint density at radius 3 is 2.64 bits per heavy atom. The third-order valence-electron chi connectivity index (χ3n) is 6.38. The number of rotatable bonds is 11. The van der Waals surface area contributed by atoms with E-state index in [9.17, 15) is 9.90 Å². The number of benzene rings is 2. The molecule has 204 valence electrons. The standard InChI is InChI=1S/C29H35N7O3/c1-7-28(38)31-22-16-23(26(39-6)17-25(22)35(5)15-14-34(3)4)32-29-30-13-12-27(33-29)36-18-21(19(2)37)20-10-8-9-11-24(20)36/h7-13,16-19,37H,1,14-15H2,2-6H3,(H,31,38)(H,30,32,33). The SMILES string of the molecule is C=CC(=O)Nc1cc(Nc2nccc(-n3cc(C(C)O)c4ccccc43)n2)c(OC)cc1N(C)CCN(C)C. The molecule has 0 aliphatic heterocycles. The molecule has 2 aromatic heterocycles. The molecule has 4 rings (SSSR count). The molecule has 4 aromatic rings. The molecule has 0 bridgehead atoms. The van der Waals surface area contributed by atoms with Gasteiger partial charge in [0.2, 0.25) is 11.9 Å². The van der Waals surface area contributed by atoms with Gasteiger partial charge in [-0.15, -0.1) is 0 Å². The molecule has 2 aromatic carbocycles. The van der Waals surface area contributed by atoms with Gasteiger partial charge in [0.25, 0.3) is 0 Å². The monoisotopic (exact) mass is 529 g/mol. The predicted octanol–water partition coefficient (Wildman–Crippen LogP) is 4.35. The van der Waals surface area contributed by atoms with Crippen molar-refractivity contribution in [3.05, 3.63) is 73.1 Å². The van der Waals surface area contributed by atoms with E-state index in [1.807, 2.05) is 62.2 Å². The highest BCUT2D eigenvalue weighted by Gasteiger charge is 2.18. The number of methoxy groups -OCH3 is 1. The van der Waals surface area contributed by atoms with Crippen LogP contribution in [0.4, 0.5) is 23.0 Å². The molecule has 0 aliphatic rings. The van der Waals surface area contributed by atoms with Crippen LogP contribution in [0.2, 0.25) is 0 Å². The zero-order chi connectivity index (χ0) is 28.1. The first-order valence-corrected chi connectivity index (χ1v) is 12.6. The number of anilines is 4. The van der Waals surface area contributed by atoms with Gasteiger partial charge < -0.3 is 34.8 Å². The number of hydrogen-bond donors (Lipinski definition) is 3. The van der Waals surface area contributed by atoms with E-state index in [1.54, 1.807) is 32.4 Å². The Kier molecular flexibility index (Phi) is 8.48. The van der Waals surface area contributed by atoms with Crippen molar-refractivity contribution in [1.82, 2.24) is 19.4 Å².